The van der Waals surface area contributed by atoms with Gasteiger partial charge in [-0.3, -0.25) is 4.79 Å². The van der Waals surface area contributed by atoms with Crippen molar-refractivity contribution in [3.05, 3.63) is 48.6 Å². The van der Waals surface area contributed by atoms with E-state index in [9.17, 15) is 24.0 Å². The van der Waals surface area contributed by atoms with Gasteiger partial charge in [-0.1, -0.05) is 36.9 Å². The Labute approximate surface area is 151 Å². The summed E-state index contributed by atoms with van der Waals surface area (Å²) in [5.74, 6) is -0.412. The van der Waals surface area contributed by atoms with Crippen LogP contribution in [0.25, 0.3) is 0 Å². The van der Waals surface area contributed by atoms with E-state index in [1.165, 1.54) is 4.90 Å². The molecule has 0 aliphatic carbocycles. The Kier molecular flexibility index (Phi) is 7.17. The number of likely N-dealkylation sites (tertiary alicyclic amines) is 1. The fourth-order valence-electron chi connectivity index (χ4n) is 2.93. The lowest BCUT2D eigenvalue weighted by Gasteiger charge is -2.24. The molecule has 0 bridgehead atoms. The van der Waals surface area contributed by atoms with E-state index in [0.29, 0.717) is 5.56 Å². The fourth-order valence-corrected chi connectivity index (χ4v) is 2.93. The molecule has 1 aromatic carbocycles. The second-order valence-electron chi connectivity index (χ2n) is 6.10. The van der Waals surface area contributed by atoms with Crippen LogP contribution in [0, 0.1) is 0 Å². The summed E-state index contributed by atoms with van der Waals surface area (Å²) < 4.78 is 18.7. The highest BCUT2D eigenvalue weighted by Crippen LogP contribution is 2.22. The molecule has 3 atom stereocenters. The average Bonchev–Trinajstić information content (AvgIpc) is 3.00. The fraction of sp³-hybridized carbons (Fsp3) is 0.412. The topological polar surface area (TPSA) is 99.1 Å². The summed E-state index contributed by atoms with van der Waals surface area (Å²) in [6.45, 7) is 3.17. The van der Waals surface area contributed by atoms with Gasteiger partial charge in [-0.2, -0.15) is 0 Å². The van der Waals surface area contributed by atoms with Gasteiger partial charge >= 0.3 is 13.2 Å². The first kappa shape index (κ1) is 19.9. The van der Waals surface area contributed by atoms with Crippen LogP contribution in [0.1, 0.15) is 18.0 Å². The normalized spacial score (nSPS) is 20.3. The number of alkyl halides is 1. The molecule has 9 heteroatoms. The summed E-state index contributed by atoms with van der Waals surface area (Å²) in [5.41, 5.74) is 0.686. The molecule has 26 heavy (non-hydrogen) atoms. The lowest BCUT2D eigenvalue weighted by Crippen LogP contribution is -2.39. The third-order valence-electron chi connectivity index (χ3n) is 4.17. The number of rotatable bonds is 7. The largest absolute Gasteiger partial charge is 0.453 e. The summed E-state index contributed by atoms with van der Waals surface area (Å²) in [6.07, 6.45) is -0.885. The van der Waals surface area contributed by atoms with Crippen LogP contribution < -0.4 is 5.32 Å². The molecule has 0 unspecified atom stereocenters. The Hall–Kier alpha value is -2.39. The lowest BCUT2D eigenvalue weighted by atomic mass is 9.79. The standard InChI is InChI=1S/C17H22BFN2O5/c1-2-16(22)21-10-13(19)8-14(21)11-26-17(23)20-15(9-18(24)25)12-6-4-3-5-7-12/h2-7,13-15,24-25H,1,8-11H2,(H,20,23)/t13-,14-,15+/m0/s1. The molecule has 1 saturated heterocycles. The minimum atomic E-state index is -1.61. The molecule has 1 aromatic rings. The SMILES string of the molecule is C=CC(=O)N1C[C@@H](F)C[C@H]1COC(=O)N[C@H](CB(O)O)c1ccccc1. The zero-order valence-corrected chi connectivity index (χ0v) is 14.3. The van der Waals surface area contributed by atoms with Crippen LogP contribution in [0.3, 0.4) is 0 Å². The highest BCUT2D eigenvalue weighted by atomic mass is 19.1. The van der Waals surface area contributed by atoms with Crippen molar-refractivity contribution in [3.63, 3.8) is 0 Å². The van der Waals surface area contributed by atoms with E-state index in [0.717, 1.165) is 6.08 Å². The van der Waals surface area contributed by atoms with E-state index in [4.69, 9.17) is 4.74 Å². The Morgan fingerprint density at radius 2 is 2.12 bits per heavy atom. The van der Waals surface area contributed by atoms with Crippen LogP contribution in [0.5, 0.6) is 0 Å². The first-order chi connectivity index (χ1) is 12.4. The molecule has 1 aliphatic rings. The highest BCUT2D eigenvalue weighted by molar-refractivity contribution is 6.41. The van der Waals surface area contributed by atoms with Crippen molar-refractivity contribution < 1.29 is 28.8 Å². The summed E-state index contributed by atoms with van der Waals surface area (Å²) in [6, 6.07) is 7.58. The van der Waals surface area contributed by atoms with Crippen LogP contribution in [0.15, 0.2) is 43.0 Å². The van der Waals surface area contributed by atoms with Gasteiger partial charge in [-0.25, -0.2) is 9.18 Å². The monoisotopic (exact) mass is 364 g/mol. The number of nitrogens with zero attached hydrogens (tertiary/aromatic N) is 1. The van der Waals surface area contributed by atoms with Crippen molar-refractivity contribution in [3.8, 4) is 0 Å². The van der Waals surface area contributed by atoms with Crippen molar-refractivity contribution >= 4 is 19.1 Å². The molecule has 2 rings (SSSR count). The minimum absolute atomic E-state index is 0.0517. The Balaban J connectivity index is 1.93. The van der Waals surface area contributed by atoms with Gasteiger partial charge in [0.25, 0.3) is 0 Å². The second kappa shape index (κ2) is 9.35. The summed E-state index contributed by atoms with van der Waals surface area (Å²) in [4.78, 5) is 25.1. The molecular weight excluding hydrogens is 342 g/mol. The third-order valence-corrected chi connectivity index (χ3v) is 4.17. The maximum Gasteiger partial charge on any atom is 0.453 e. The number of halogens is 1. The maximum atomic E-state index is 13.6. The molecule has 0 radical (unpaired) electrons. The first-order valence-corrected chi connectivity index (χ1v) is 8.32. The number of nitrogens with one attached hydrogen (secondary N) is 1. The van der Waals surface area contributed by atoms with Crippen LogP contribution in [0.2, 0.25) is 6.32 Å². The highest BCUT2D eigenvalue weighted by Gasteiger charge is 2.35. The van der Waals surface area contributed by atoms with Gasteiger partial charge in [0.15, 0.2) is 0 Å². The predicted octanol–water partition coefficient (Wildman–Crippen LogP) is 1.05. The summed E-state index contributed by atoms with van der Waals surface area (Å²) >= 11 is 0. The second-order valence-corrected chi connectivity index (χ2v) is 6.10. The van der Waals surface area contributed by atoms with Crippen molar-refractivity contribution in [1.29, 1.82) is 0 Å². The molecule has 1 heterocycles. The van der Waals surface area contributed by atoms with E-state index >= 15 is 0 Å². The van der Waals surface area contributed by atoms with Gasteiger partial charge in [0.1, 0.15) is 12.8 Å². The van der Waals surface area contributed by atoms with Crippen LogP contribution in [-0.2, 0) is 9.53 Å². The number of benzene rings is 1. The number of ether oxygens (including phenoxy) is 1. The van der Waals surface area contributed by atoms with Crippen molar-refractivity contribution in [2.24, 2.45) is 0 Å². The number of carbonyl (C=O) groups is 2. The zero-order valence-electron chi connectivity index (χ0n) is 14.3. The van der Waals surface area contributed by atoms with E-state index in [1.54, 1.807) is 30.3 Å². The predicted molar refractivity (Wildman–Crippen MR) is 93.9 cm³/mol. The number of alkyl carbamates (subject to hydrolysis) is 1. The van der Waals surface area contributed by atoms with Crippen molar-refractivity contribution in [2.45, 2.75) is 31.0 Å². The van der Waals surface area contributed by atoms with Crippen LogP contribution in [0.4, 0.5) is 9.18 Å². The average molecular weight is 364 g/mol. The third kappa shape index (κ3) is 5.57. The molecule has 7 nitrogen and oxygen atoms in total. The van der Waals surface area contributed by atoms with E-state index < -0.39 is 37.4 Å². The van der Waals surface area contributed by atoms with Crippen LogP contribution in [-0.4, -0.2) is 59.4 Å². The molecule has 0 spiro atoms. The van der Waals surface area contributed by atoms with Crippen molar-refractivity contribution in [2.75, 3.05) is 13.2 Å². The smallest absolute Gasteiger partial charge is 0.447 e. The van der Waals surface area contributed by atoms with Gasteiger partial charge in [0, 0.05) is 12.7 Å². The van der Waals surface area contributed by atoms with E-state index in [2.05, 4.69) is 11.9 Å². The molecule has 3 N–H and O–H groups in total. The molecule has 1 fully saturated rings. The van der Waals surface area contributed by atoms with Gasteiger partial charge in [0.05, 0.1) is 18.6 Å². The minimum Gasteiger partial charge on any atom is -0.447 e. The van der Waals surface area contributed by atoms with Gasteiger partial charge in [-0.15, -0.1) is 0 Å². The molecule has 2 amide bonds. The number of amides is 2. The number of carbonyl (C=O) groups excluding carboxylic acids is 2. The Bertz CT molecular complexity index is 631. The van der Waals surface area contributed by atoms with Gasteiger partial charge in [0.2, 0.25) is 5.91 Å². The maximum absolute atomic E-state index is 13.6. The quantitative estimate of drug-likeness (QED) is 0.496. The summed E-state index contributed by atoms with van der Waals surface area (Å²) in [7, 11) is -1.61. The Morgan fingerprint density at radius 3 is 2.73 bits per heavy atom. The molecular formula is C17H22BFN2O5. The molecule has 1 aliphatic heterocycles. The van der Waals surface area contributed by atoms with Crippen LogP contribution >= 0.6 is 0 Å². The van der Waals surface area contributed by atoms with Crippen molar-refractivity contribution in [1.82, 2.24) is 10.2 Å². The van der Waals surface area contributed by atoms with Gasteiger partial charge in [-0.05, 0) is 11.6 Å². The molecule has 0 saturated carbocycles. The lowest BCUT2D eigenvalue weighted by molar-refractivity contribution is -0.127. The molecule has 140 valence electrons. The van der Waals surface area contributed by atoms with E-state index in [1.807, 2.05) is 0 Å². The Morgan fingerprint density at radius 1 is 1.42 bits per heavy atom. The summed E-state index contributed by atoms with van der Waals surface area (Å²) in [5, 5.41) is 21.0. The zero-order chi connectivity index (χ0) is 19.1. The molecule has 0 aromatic heterocycles. The number of hydrogen-bond acceptors (Lipinski definition) is 5. The van der Waals surface area contributed by atoms with E-state index in [-0.39, 0.29) is 25.9 Å². The first-order valence-electron chi connectivity index (χ1n) is 8.32. The number of hydrogen-bond donors (Lipinski definition) is 3. The van der Waals surface area contributed by atoms with Gasteiger partial charge < -0.3 is 25.0 Å².